The van der Waals surface area contributed by atoms with Crippen LogP contribution in [0.1, 0.15) is 44.9 Å². The van der Waals surface area contributed by atoms with Crippen molar-refractivity contribution in [2.75, 3.05) is 6.54 Å². The van der Waals surface area contributed by atoms with Crippen LogP contribution in [-0.2, 0) is 6.54 Å². The van der Waals surface area contributed by atoms with E-state index < -0.39 is 0 Å². The van der Waals surface area contributed by atoms with E-state index in [1.807, 2.05) is 10.9 Å². The maximum absolute atomic E-state index is 3.99. The van der Waals surface area contributed by atoms with Gasteiger partial charge in [0.25, 0.3) is 0 Å². The van der Waals surface area contributed by atoms with Crippen LogP contribution in [0.25, 0.3) is 0 Å². The van der Waals surface area contributed by atoms with Crippen LogP contribution in [0.5, 0.6) is 0 Å². The van der Waals surface area contributed by atoms with Gasteiger partial charge in [-0.3, -0.25) is 4.68 Å². The normalized spacial score (nSPS) is 26.9. The Morgan fingerprint density at radius 3 is 2.76 bits per heavy atom. The van der Waals surface area contributed by atoms with E-state index in [0.29, 0.717) is 5.41 Å². The summed E-state index contributed by atoms with van der Waals surface area (Å²) in [6, 6.07) is 0.770. The third-order valence-corrected chi connectivity index (χ3v) is 4.72. The molecular formula is C13H22N4. The second kappa shape index (κ2) is 4.77. The van der Waals surface area contributed by atoms with Gasteiger partial charge in [0.05, 0.1) is 12.7 Å². The van der Waals surface area contributed by atoms with Crippen molar-refractivity contribution in [2.24, 2.45) is 5.41 Å². The molecule has 1 spiro atoms. The van der Waals surface area contributed by atoms with E-state index in [9.17, 15) is 0 Å². The van der Waals surface area contributed by atoms with Gasteiger partial charge in [-0.25, -0.2) is 0 Å². The van der Waals surface area contributed by atoms with Gasteiger partial charge in [0.15, 0.2) is 0 Å². The predicted molar refractivity (Wildman–Crippen MR) is 66.6 cm³/mol. The minimum absolute atomic E-state index is 0.667. The van der Waals surface area contributed by atoms with E-state index in [-0.39, 0.29) is 0 Å². The molecule has 0 aliphatic heterocycles. The SMILES string of the molecule is c1cn(CCNC2CCC23CCCCC3)nn1. The van der Waals surface area contributed by atoms with Crippen molar-refractivity contribution in [1.82, 2.24) is 20.3 Å². The quantitative estimate of drug-likeness (QED) is 0.866. The molecule has 94 valence electrons. The molecule has 4 nitrogen and oxygen atoms in total. The largest absolute Gasteiger partial charge is 0.312 e. The summed E-state index contributed by atoms with van der Waals surface area (Å²) in [5.74, 6) is 0. The van der Waals surface area contributed by atoms with Crippen LogP contribution in [0, 0.1) is 5.41 Å². The molecule has 1 N–H and O–H groups in total. The van der Waals surface area contributed by atoms with Crippen LogP contribution < -0.4 is 5.32 Å². The fourth-order valence-electron chi connectivity index (χ4n) is 3.58. The van der Waals surface area contributed by atoms with E-state index in [1.54, 1.807) is 6.20 Å². The number of hydrogen-bond donors (Lipinski definition) is 1. The number of aromatic nitrogens is 3. The molecule has 0 amide bonds. The Bertz CT molecular complexity index is 340. The van der Waals surface area contributed by atoms with E-state index in [0.717, 1.165) is 19.1 Å². The molecule has 1 unspecified atom stereocenters. The van der Waals surface area contributed by atoms with Crippen LogP contribution in [0.2, 0.25) is 0 Å². The standard InChI is InChI=1S/C13H22N4/c1-2-5-13(6-3-1)7-4-12(13)14-8-10-17-11-9-15-16-17/h9,11-12,14H,1-8,10H2. The van der Waals surface area contributed by atoms with Gasteiger partial charge in [-0.1, -0.05) is 24.5 Å². The summed E-state index contributed by atoms with van der Waals surface area (Å²) < 4.78 is 1.90. The van der Waals surface area contributed by atoms with Crippen molar-refractivity contribution < 1.29 is 0 Å². The van der Waals surface area contributed by atoms with Crippen molar-refractivity contribution in [3.05, 3.63) is 12.4 Å². The lowest BCUT2D eigenvalue weighted by Gasteiger charge is -2.52. The third-order valence-electron chi connectivity index (χ3n) is 4.72. The molecule has 0 saturated heterocycles. The smallest absolute Gasteiger partial charge is 0.0692 e. The first-order valence-electron chi connectivity index (χ1n) is 6.97. The zero-order valence-electron chi connectivity index (χ0n) is 10.4. The van der Waals surface area contributed by atoms with Crippen LogP contribution in [0.4, 0.5) is 0 Å². The Kier molecular flexibility index (Phi) is 3.14. The molecule has 0 aromatic carbocycles. The average Bonchev–Trinajstić information content (AvgIpc) is 2.87. The molecule has 2 aliphatic carbocycles. The highest BCUT2D eigenvalue weighted by atomic mass is 15.4. The number of nitrogens with zero attached hydrogens (tertiary/aromatic N) is 3. The van der Waals surface area contributed by atoms with Gasteiger partial charge in [-0.05, 0) is 31.1 Å². The van der Waals surface area contributed by atoms with E-state index in [1.165, 1.54) is 44.9 Å². The molecular weight excluding hydrogens is 212 g/mol. The molecule has 0 radical (unpaired) electrons. The highest BCUT2D eigenvalue weighted by molar-refractivity contribution is 5.01. The van der Waals surface area contributed by atoms with E-state index in [2.05, 4.69) is 15.6 Å². The van der Waals surface area contributed by atoms with Crippen LogP contribution in [0.15, 0.2) is 12.4 Å². The van der Waals surface area contributed by atoms with Gasteiger partial charge in [0.2, 0.25) is 0 Å². The lowest BCUT2D eigenvalue weighted by Crippen LogP contribution is -2.54. The molecule has 3 rings (SSSR count). The predicted octanol–water partition coefficient (Wildman–Crippen LogP) is 1.98. The molecule has 2 aliphatic rings. The van der Waals surface area contributed by atoms with Crippen LogP contribution in [0.3, 0.4) is 0 Å². The molecule has 0 bridgehead atoms. The van der Waals surface area contributed by atoms with Gasteiger partial charge in [0, 0.05) is 18.8 Å². The highest BCUT2D eigenvalue weighted by Crippen LogP contribution is 2.51. The Morgan fingerprint density at radius 2 is 2.12 bits per heavy atom. The molecule has 17 heavy (non-hydrogen) atoms. The number of nitrogens with one attached hydrogen (secondary N) is 1. The summed E-state index contributed by atoms with van der Waals surface area (Å²) in [4.78, 5) is 0. The fourth-order valence-corrected chi connectivity index (χ4v) is 3.58. The zero-order chi connectivity index (χ0) is 11.6. The summed E-state index contributed by atoms with van der Waals surface area (Å²) in [6.45, 7) is 1.96. The minimum atomic E-state index is 0.667. The summed E-state index contributed by atoms with van der Waals surface area (Å²) in [7, 11) is 0. The minimum Gasteiger partial charge on any atom is -0.312 e. The monoisotopic (exact) mass is 234 g/mol. The second-order valence-electron chi connectivity index (χ2n) is 5.63. The van der Waals surface area contributed by atoms with E-state index in [4.69, 9.17) is 0 Å². The Balaban J connectivity index is 1.46. The summed E-state index contributed by atoms with van der Waals surface area (Å²) in [5, 5.41) is 11.5. The van der Waals surface area contributed by atoms with Crippen molar-refractivity contribution in [2.45, 2.75) is 57.5 Å². The fraction of sp³-hybridized carbons (Fsp3) is 0.846. The van der Waals surface area contributed by atoms with Gasteiger partial charge >= 0.3 is 0 Å². The zero-order valence-corrected chi connectivity index (χ0v) is 10.4. The van der Waals surface area contributed by atoms with Crippen molar-refractivity contribution in [3.8, 4) is 0 Å². The van der Waals surface area contributed by atoms with Gasteiger partial charge in [-0.15, -0.1) is 5.10 Å². The van der Waals surface area contributed by atoms with Crippen LogP contribution >= 0.6 is 0 Å². The summed E-state index contributed by atoms with van der Waals surface area (Å²) >= 11 is 0. The molecule has 2 fully saturated rings. The third kappa shape index (κ3) is 2.23. The second-order valence-corrected chi connectivity index (χ2v) is 5.63. The lowest BCUT2D eigenvalue weighted by molar-refractivity contribution is 0.0228. The number of rotatable bonds is 4. The highest BCUT2D eigenvalue weighted by Gasteiger charge is 2.46. The first kappa shape index (κ1) is 11.2. The molecule has 1 atom stereocenters. The van der Waals surface area contributed by atoms with Crippen molar-refractivity contribution in [3.63, 3.8) is 0 Å². The Labute approximate surface area is 103 Å². The molecule has 2 saturated carbocycles. The van der Waals surface area contributed by atoms with E-state index >= 15 is 0 Å². The molecule has 1 aromatic rings. The van der Waals surface area contributed by atoms with Crippen molar-refractivity contribution >= 4 is 0 Å². The molecule has 1 aromatic heterocycles. The number of hydrogen-bond acceptors (Lipinski definition) is 3. The lowest BCUT2D eigenvalue weighted by atomic mass is 9.57. The first-order valence-corrected chi connectivity index (χ1v) is 6.97. The maximum Gasteiger partial charge on any atom is 0.0692 e. The van der Waals surface area contributed by atoms with Crippen LogP contribution in [-0.4, -0.2) is 27.6 Å². The Morgan fingerprint density at radius 1 is 1.24 bits per heavy atom. The van der Waals surface area contributed by atoms with Crippen molar-refractivity contribution in [1.29, 1.82) is 0 Å². The first-order chi connectivity index (χ1) is 8.39. The van der Waals surface area contributed by atoms with Gasteiger partial charge < -0.3 is 5.32 Å². The maximum atomic E-state index is 3.99. The van der Waals surface area contributed by atoms with Gasteiger partial charge in [-0.2, -0.15) is 0 Å². The summed E-state index contributed by atoms with van der Waals surface area (Å²) in [6.07, 6.45) is 13.7. The summed E-state index contributed by atoms with van der Waals surface area (Å²) in [5.41, 5.74) is 0.667. The van der Waals surface area contributed by atoms with Gasteiger partial charge in [0.1, 0.15) is 0 Å². The average molecular weight is 234 g/mol. The topological polar surface area (TPSA) is 42.7 Å². The Hall–Kier alpha value is -0.900. The molecule has 1 heterocycles. The molecule has 4 heteroatoms.